The summed E-state index contributed by atoms with van der Waals surface area (Å²) in [5, 5.41) is 11.2. The first kappa shape index (κ1) is 14.3. The Balaban J connectivity index is 2.35. The van der Waals surface area contributed by atoms with E-state index in [-0.39, 0.29) is 16.3 Å². The van der Waals surface area contributed by atoms with Gasteiger partial charge in [-0.2, -0.15) is 0 Å². The summed E-state index contributed by atoms with van der Waals surface area (Å²) in [6, 6.07) is 7.15. The van der Waals surface area contributed by atoms with E-state index in [1.165, 1.54) is 24.3 Å². The predicted octanol–water partition coefficient (Wildman–Crippen LogP) is 3.35. The van der Waals surface area contributed by atoms with Crippen molar-refractivity contribution in [1.29, 1.82) is 0 Å². The van der Waals surface area contributed by atoms with Crippen molar-refractivity contribution in [2.75, 3.05) is 0 Å². The van der Waals surface area contributed by atoms with E-state index in [1.807, 2.05) is 0 Å². The largest absolute Gasteiger partial charge is 0.409 e. The number of rotatable bonds is 3. The van der Waals surface area contributed by atoms with E-state index >= 15 is 0 Å². The Morgan fingerprint density at radius 1 is 1.05 bits per heavy atom. The lowest BCUT2D eigenvalue weighted by molar-refractivity contribution is 0.318. The fourth-order valence-electron chi connectivity index (χ4n) is 1.48. The van der Waals surface area contributed by atoms with Crippen LogP contribution in [0.4, 0.5) is 13.2 Å². The number of oxime groups is 1. The molecule has 2 aromatic carbocycles. The maximum absolute atomic E-state index is 13.8. The Kier molecular flexibility index (Phi) is 4.19. The molecule has 7 heteroatoms. The maximum Gasteiger partial charge on any atom is 0.170 e. The second-order valence-corrected chi connectivity index (χ2v) is 4.89. The standard InChI is InChI=1S/C13H9F3N2OS/c14-8-1-3-9(4-2-8)20-12-10(15)5-7(6-11(12)16)13(17)18-19/h1-6,19H,(H2,17,18). The zero-order valence-electron chi connectivity index (χ0n) is 9.98. The van der Waals surface area contributed by atoms with Gasteiger partial charge in [0, 0.05) is 10.5 Å². The summed E-state index contributed by atoms with van der Waals surface area (Å²) >= 11 is 0.818. The van der Waals surface area contributed by atoms with Crippen LogP contribution in [-0.4, -0.2) is 11.0 Å². The molecule has 0 unspecified atom stereocenters. The van der Waals surface area contributed by atoms with E-state index < -0.39 is 17.5 Å². The Morgan fingerprint density at radius 2 is 1.60 bits per heavy atom. The number of halogens is 3. The molecule has 0 atom stereocenters. The van der Waals surface area contributed by atoms with Crippen LogP contribution in [0.5, 0.6) is 0 Å². The highest BCUT2D eigenvalue weighted by Crippen LogP contribution is 2.32. The van der Waals surface area contributed by atoms with Crippen molar-refractivity contribution < 1.29 is 18.4 Å². The summed E-state index contributed by atoms with van der Waals surface area (Å²) in [5.74, 6) is -2.51. The van der Waals surface area contributed by atoms with E-state index in [4.69, 9.17) is 10.9 Å². The van der Waals surface area contributed by atoms with Gasteiger partial charge < -0.3 is 10.9 Å². The summed E-state index contributed by atoms with van der Waals surface area (Å²) < 4.78 is 40.4. The topological polar surface area (TPSA) is 58.6 Å². The summed E-state index contributed by atoms with van der Waals surface area (Å²) in [5.41, 5.74) is 5.21. The molecule has 0 aliphatic carbocycles. The Bertz CT molecular complexity index is 636. The number of nitrogens with two attached hydrogens (primary N) is 1. The summed E-state index contributed by atoms with van der Waals surface area (Å²) in [7, 11) is 0. The number of hydrogen-bond donors (Lipinski definition) is 2. The average molecular weight is 298 g/mol. The third-order valence-electron chi connectivity index (χ3n) is 2.44. The van der Waals surface area contributed by atoms with E-state index in [9.17, 15) is 13.2 Å². The molecule has 0 saturated heterocycles. The molecule has 0 aliphatic rings. The Labute approximate surface area is 116 Å². The second kappa shape index (κ2) is 5.87. The number of benzene rings is 2. The third-order valence-corrected chi connectivity index (χ3v) is 3.54. The fourth-order valence-corrected chi connectivity index (χ4v) is 2.30. The highest BCUT2D eigenvalue weighted by molar-refractivity contribution is 7.99. The van der Waals surface area contributed by atoms with Crippen LogP contribution in [0, 0.1) is 17.5 Å². The van der Waals surface area contributed by atoms with Crippen LogP contribution in [0.15, 0.2) is 51.3 Å². The van der Waals surface area contributed by atoms with Gasteiger partial charge in [0.05, 0.1) is 4.90 Å². The van der Waals surface area contributed by atoms with Crippen LogP contribution in [0.3, 0.4) is 0 Å². The quantitative estimate of drug-likeness (QED) is 0.395. The van der Waals surface area contributed by atoms with E-state index in [1.54, 1.807) is 0 Å². The minimum atomic E-state index is -0.846. The maximum atomic E-state index is 13.8. The molecule has 0 spiro atoms. The molecule has 0 bridgehead atoms. The van der Waals surface area contributed by atoms with Gasteiger partial charge in [-0.05, 0) is 36.4 Å². The van der Waals surface area contributed by atoms with Crippen LogP contribution >= 0.6 is 11.8 Å². The van der Waals surface area contributed by atoms with Crippen molar-refractivity contribution in [3.8, 4) is 0 Å². The van der Waals surface area contributed by atoms with Crippen LogP contribution in [0.2, 0.25) is 0 Å². The van der Waals surface area contributed by atoms with Gasteiger partial charge in [0.1, 0.15) is 17.5 Å². The predicted molar refractivity (Wildman–Crippen MR) is 69.4 cm³/mol. The molecule has 0 aromatic heterocycles. The molecule has 0 aliphatic heterocycles. The molecule has 20 heavy (non-hydrogen) atoms. The zero-order chi connectivity index (χ0) is 14.7. The highest BCUT2D eigenvalue weighted by atomic mass is 32.2. The van der Waals surface area contributed by atoms with Crippen molar-refractivity contribution in [1.82, 2.24) is 0 Å². The number of hydrogen-bond acceptors (Lipinski definition) is 3. The molecular formula is C13H9F3N2OS. The summed E-state index contributed by atoms with van der Waals surface area (Å²) in [6.07, 6.45) is 0. The first-order valence-electron chi connectivity index (χ1n) is 5.41. The molecule has 2 aromatic rings. The van der Waals surface area contributed by atoms with Gasteiger partial charge in [0.15, 0.2) is 5.84 Å². The smallest absolute Gasteiger partial charge is 0.170 e. The Morgan fingerprint density at radius 3 is 2.10 bits per heavy atom. The number of amidine groups is 1. The normalized spacial score (nSPS) is 11.7. The van der Waals surface area contributed by atoms with E-state index in [0.29, 0.717) is 4.90 Å². The van der Waals surface area contributed by atoms with E-state index in [2.05, 4.69) is 5.16 Å². The van der Waals surface area contributed by atoms with Crippen molar-refractivity contribution in [2.24, 2.45) is 10.9 Å². The molecule has 2 rings (SSSR count). The van der Waals surface area contributed by atoms with Crippen molar-refractivity contribution >= 4 is 17.6 Å². The molecule has 0 heterocycles. The lowest BCUT2D eigenvalue weighted by atomic mass is 10.2. The molecule has 0 amide bonds. The van der Waals surface area contributed by atoms with E-state index in [0.717, 1.165) is 23.9 Å². The summed E-state index contributed by atoms with van der Waals surface area (Å²) in [6.45, 7) is 0. The van der Waals surface area contributed by atoms with Gasteiger partial charge in [-0.25, -0.2) is 13.2 Å². The van der Waals surface area contributed by atoms with Gasteiger partial charge in [-0.15, -0.1) is 0 Å². The average Bonchev–Trinajstić information content (AvgIpc) is 2.43. The van der Waals surface area contributed by atoms with Gasteiger partial charge in [-0.3, -0.25) is 0 Å². The van der Waals surface area contributed by atoms with Crippen molar-refractivity contribution in [3.05, 3.63) is 59.4 Å². The molecule has 3 nitrogen and oxygen atoms in total. The van der Waals surface area contributed by atoms with Crippen LogP contribution in [0.1, 0.15) is 5.56 Å². The second-order valence-electron chi connectivity index (χ2n) is 3.81. The molecule has 104 valence electrons. The molecule has 0 fully saturated rings. The fraction of sp³-hybridized carbons (Fsp3) is 0. The SMILES string of the molecule is N/C(=N/O)c1cc(F)c(Sc2ccc(F)cc2)c(F)c1. The lowest BCUT2D eigenvalue weighted by Crippen LogP contribution is -2.14. The molecule has 3 N–H and O–H groups in total. The third kappa shape index (κ3) is 3.05. The molecule has 0 saturated carbocycles. The first-order valence-corrected chi connectivity index (χ1v) is 6.23. The van der Waals surface area contributed by atoms with Crippen molar-refractivity contribution in [3.63, 3.8) is 0 Å². The van der Waals surface area contributed by atoms with Gasteiger partial charge in [0.2, 0.25) is 0 Å². The minimum absolute atomic E-state index is 0.0639. The molecular weight excluding hydrogens is 289 g/mol. The number of nitrogens with zero attached hydrogens (tertiary/aromatic N) is 1. The van der Waals surface area contributed by atoms with Gasteiger partial charge in [-0.1, -0.05) is 16.9 Å². The minimum Gasteiger partial charge on any atom is -0.409 e. The lowest BCUT2D eigenvalue weighted by Gasteiger charge is -2.07. The summed E-state index contributed by atoms with van der Waals surface area (Å²) in [4.78, 5) is 0.242. The highest BCUT2D eigenvalue weighted by Gasteiger charge is 2.14. The van der Waals surface area contributed by atoms with Crippen LogP contribution in [0.25, 0.3) is 0 Å². The van der Waals surface area contributed by atoms with Gasteiger partial charge >= 0.3 is 0 Å². The first-order chi connectivity index (χ1) is 9.51. The zero-order valence-corrected chi connectivity index (χ0v) is 10.8. The van der Waals surface area contributed by atoms with Crippen LogP contribution in [-0.2, 0) is 0 Å². The van der Waals surface area contributed by atoms with Crippen molar-refractivity contribution in [2.45, 2.75) is 9.79 Å². The molecule has 0 radical (unpaired) electrons. The van der Waals surface area contributed by atoms with Crippen LogP contribution < -0.4 is 5.73 Å². The Hall–Kier alpha value is -2.15. The monoisotopic (exact) mass is 298 g/mol. The van der Waals surface area contributed by atoms with Gasteiger partial charge in [0.25, 0.3) is 0 Å².